The van der Waals surface area contributed by atoms with Gasteiger partial charge in [-0.15, -0.1) is 0 Å². The minimum atomic E-state index is -0.300. The van der Waals surface area contributed by atoms with Crippen LogP contribution in [0.1, 0.15) is 46.5 Å². The van der Waals surface area contributed by atoms with Crippen LogP contribution in [0.15, 0.2) is 12.2 Å². The van der Waals surface area contributed by atoms with Crippen molar-refractivity contribution in [3.8, 4) is 0 Å². The summed E-state index contributed by atoms with van der Waals surface area (Å²) in [6.45, 7) is 11.0. The van der Waals surface area contributed by atoms with E-state index in [0.29, 0.717) is 17.3 Å². The molecule has 2 heteroatoms. The third-order valence-electron chi connectivity index (χ3n) is 5.60. The molecule has 0 aromatic heterocycles. The monoisotopic (exact) mass is 236 g/mol. The Bertz CT molecular complexity index is 360. The largest absolute Gasteiger partial charge is 0.390 e. The zero-order chi connectivity index (χ0) is 12.4. The molecule has 0 aromatic carbocycles. The van der Waals surface area contributed by atoms with Gasteiger partial charge >= 0.3 is 0 Å². The number of aliphatic hydroxyl groups is 1. The molecule has 0 radical (unpaired) electrons. The van der Waals surface area contributed by atoms with E-state index in [4.69, 9.17) is 4.74 Å². The van der Waals surface area contributed by atoms with E-state index in [1.54, 1.807) is 0 Å². The molecule has 3 fully saturated rings. The van der Waals surface area contributed by atoms with Gasteiger partial charge in [0.1, 0.15) is 5.60 Å². The Morgan fingerprint density at radius 2 is 2.06 bits per heavy atom. The maximum atomic E-state index is 10.4. The first-order valence-corrected chi connectivity index (χ1v) is 6.88. The SMILES string of the molecule is C=C1CC[C@H]2OC2(C)[C@H](O)C[C@@H]2C1CC2(C)C. The molecule has 2 aliphatic carbocycles. The van der Waals surface area contributed by atoms with Crippen molar-refractivity contribution in [1.29, 1.82) is 0 Å². The molecule has 1 N–H and O–H groups in total. The van der Waals surface area contributed by atoms with Crippen molar-refractivity contribution in [3.63, 3.8) is 0 Å². The van der Waals surface area contributed by atoms with Crippen molar-refractivity contribution in [2.45, 2.75) is 64.3 Å². The Balaban J connectivity index is 1.83. The second-order valence-electron chi connectivity index (χ2n) is 7.14. The van der Waals surface area contributed by atoms with Crippen LogP contribution in [0.3, 0.4) is 0 Å². The number of rotatable bonds is 0. The molecule has 2 saturated carbocycles. The Morgan fingerprint density at radius 3 is 2.71 bits per heavy atom. The summed E-state index contributed by atoms with van der Waals surface area (Å²) >= 11 is 0. The molecule has 1 saturated heterocycles. The van der Waals surface area contributed by atoms with Crippen molar-refractivity contribution in [2.24, 2.45) is 17.3 Å². The molecule has 3 rings (SSSR count). The molecule has 0 spiro atoms. The fourth-order valence-corrected chi connectivity index (χ4v) is 4.04. The topological polar surface area (TPSA) is 32.8 Å². The van der Waals surface area contributed by atoms with Crippen molar-refractivity contribution in [1.82, 2.24) is 0 Å². The Morgan fingerprint density at radius 1 is 1.35 bits per heavy atom. The first-order valence-electron chi connectivity index (χ1n) is 6.88. The Labute approximate surface area is 104 Å². The van der Waals surface area contributed by atoms with Crippen LogP contribution in [0.4, 0.5) is 0 Å². The molecule has 0 aromatic rings. The minimum Gasteiger partial charge on any atom is -0.390 e. The van der Waals surface area contributed by atoms with Crippen LogP contribution in [-0.2, 0) is 4.74 Å². The van der Waals surface area contributed by atoms with Gasteiger partial charge in [-0.05, 0) is 49.9 Å². The Kier molecular flexibility index (Phi) is 2.32. The van der Waals surface area contributed by atoms with E-state index < -0.39 is 0 Å². The van der Waals surface area contributed by atoms with Gasteiger partial charge in [0, 0.05) is 0 Å². The fraction of sp³-hybridized carbons (Fsp3) is 0.867. The number of fused-ring (bicyclic) bond motifs is 2. The molecule has 0 amide bonds. The molecular formula is C15H24O2. The fourth-order valence-electron chi connectivity index (χ4n) is 4.04. The van der Waals surface area contributed by atoms with Crippen LogP contribution in [0.25, 0.3) is 0 Å². The molecule has 17 heavy (non-hydrogen) atoms. The number of ether oxygens (including phenoxy) is 1. The van der Waals surface area contributed by atoms with Crippen LogP contribution < -0.4 is 0 Å². The van der Waals surface area contributed by atoms with E-state index in [2.05, 4.69) is 27.4 Å². The van der Waals surface area contributed by atoms with Crippen molar-refractivity contribution in [3.05, 3.63) is 12.2 Å². The molecule has 2 nitrogen and oxygen atoms in total. The zero-order valence-electron chi connectivity index (χ0n) is 11.2. The van der Waals surface area contributed by atoms with Crippen LogP contribution in [0.2, 0.25) is 0 Å². The first-order chi connectivity index (χ1) is 7.84. The van der Waals surface area contributed by atoms with Crippen LogP contribution in [0, 0.1) is 17.3 Å². The minimum absolute atomic E-state index is 0.259. The first kappa shape index (κ1) is 11.7. The summed E-state index contributed by atoms with van der Waals surface area (Å²) in [4.78, 5) is 0. The highest BCUT2D eigenvalue weighted by Crippen LogP contribution is 2.59. The quantitative estimate of drug-likeness (QED) is 0.518. The lowest BCUT2D eigenvalue weighted by Crippen LogP contribution is -2.47. The van der Waals surface area contributed by atoms with Crippen molar-refractivity contribution in [2.75, 3.05) is 0 Å². The van der Waals surface area contributed by atoms with Gasteiger partial charge in [-0.2, -0.15) is 0 Å². The molecule has 5 atom stereocenters. The highest BCUT2D eigenvalue weighted by Gasteiger charge is 2.60. The molecule has 0 bridgehead atoms. The number of aliphatic hydroxyl groups excluding tert-OH is 1. The predicted octanol–water partition coefficient (Wildman–Crippen LogP) is 2.91. The van der Waals surface area contributed by atoms with E-state index in [1.165, 1.54) is 12.0 Å². The summed E-state index contributed by atoms with van der Waals surface area (Å²) < 4.78 is 5.73. The van der Waals surface area contributed by atoms with Gasteiger partial charge in [-0.25, -0.2) is 0 Å². The lowest BCUT2D eigenvalue weighted by atomic mass is 9.52. The van der Waals surface area contributed by atoms with Gasteiger partial charge in [-0.1, -0.05) is 26.0 Å². The summed E-state index contributed by atoms with van der Waals surface area (Å²) in [5, 5.41) is 10.4. The molecule has 1 aliphatic heterocycles. The van der Waals surface area contributed by atoms with Crippen molar-refractivity contribution >= 4 is 0 Å². The predicted molar refractivity (Wildman–Crippen MR) is 67.7 cm³/mol. The number of hydrogen-bond donors (Lipinski definition) is 1. The normalized spacial score (nSPS) is 52.4. The Hall–Kier alpha value is -0.340. The average Bonchev–Trinajstić information content (AvgIpc) is 2.91. The van der Waals surface area contributed by atoms with E-state index >= 15 is 0 Å². The van der Waals surface area contributed by atoms with E-state index in [9.17, 15) is 5.11 Å². The number of allylic oxidation sites excluding steroid dienone is 1. The zero-order valence-corrected chi connectivity index (χ0v) is 11.2. The second-order valence-corrected chi connectivity index (χ2v) is 7.14. The summed E-state index contributed by atoms with van der Waals surface area (Å²) in [5.41, 5.74) is 1.49. The molecule has 2 unspecified atom stereocenters. The standard InChI is InChI=1S/C15H24O2/c1-9-5-6-13-15(4,17-13)12(16)7-11-10(9)8-14(11,2)3/h10-13,16H,1,5-8H2,2-4H3/t10?,11-,12-,13-,15?/m1/s1. The summed E-state index contributed by atoms with van der Waals surface area (Å²) in [6, 6.07) is 0. The van der Waals surface area contributed by atoms with Gasteiger partial charge in [0.25, 0.3) is 0 Å². The molecular weight excluding hydrogens is 212 g/mol. The molecule has 1 heterocycles. The summed E-state index contributed by atoms with van der Waals surface area (Å²) in [7, 11) is 0. The number of epoxide rings is 1. The van der Waals surface area contributed by atoms with Crippen LogP contribution >= 0.6 is 0 Å². The smallest absolute Gasteiger partial charge is 0.118 e. The summed E-state index contributed by atoms with van der Waals surface area (Å²) in [5.74, 6) is 1.23. The lowest BCUT2D eigenvalue weighted by molar-refractivity contribution is -0.0430. The highest BCUT2D eigenvalue weighted by atomic mass is 16.6. The van der Waals surface area contributed by atoms with E-state index in [-0.39, 0.29) is 17.8 Å². The second kappa shape index (κ2) is 3.36. The summed E-state index contributed by atoms with van der Waals surface area (Å²) in [6.07, 6.45) is 4.19. The van der Waals surface area contributed by atoms with E-state index in [1.807, 2.05) is 0 Å². The van der Waals surface area contributed by atoms with Gasteiger partial charge in [0.05, 0.1) is 12.2 Å². The van der Waals surface area contributed by atoms with Crippen LogP contribution in [0.5, 0.6) is 0 Å². The molecule has 96 valence electrons. The third-order valence-corrected chi connectivity index (χ3v) is 5.60. The third kappa shape index (κ3) is 1.61. The average molecular weight is 236 g/mol. The maximum absolute atomic E-state index is 10.4. The number of hydrogen-bond acceptors (Lipinski definition) is 2. The van der Waals surface area contributed by atoms with Crippen molar-refractivity contribution < 1.29 is 9.84 Å². The lowest BCUT2D eigenvalue weighted by Gasteiger charge is -2.53. The maximum Gasteiger partial charge on any atom is 0.118 e. The molecule has 3 aliphatic rings. The van der Waals surface area contributed by atoms with Gasteiger partial charge in [0.2, 0.25) is 0 Å². The van der Waals surface area contributed by atoms with Gasteiger partial charge < -0.3 is 9.84 Å². The van der Waals surface area contributed by atoms with Gasteiger partial charge in [0.15, 0.2) is 0 Å². The highest BCUT2D eigenvalue weighted by molar-refractivity contribution is 5.18. The van der Waals surface area contributed by atoms with E-state index in [0.717, 1.165) is 19.3 Å². The van der Waals surface area contributed by atoms with Gasteiger partial charge in [-0.3, -0.25) is 0 Å². The van der Waals surface area contributed by atoms with Crippen LogP contribution in [-0.4, -0.2) is 22.9 Å².